The third-order valence-electron chi connectivity index (χ3n) is 2.96. The van der Waals surface area contributed by atoms with Gasteiger partial charge in [0.25, 0.3) is 5.91 Å². The minimum absolute atomic E-state index is 0.142. The van der Waals surface area contributed by atoms with Gasteiger partial charge in [0, 0.05) is 26.0 Å². The molecule has 20 heavy (non-hydrogen) atoms. The van der Waals surface area contributed by atoms with Gasteiger partial charge in [0.1, 0.15) is 6.07 Å². The molecule has 0 aliphatic rings. The van der Waals surface area contributed by atoms with Crippen molar-refractivity contribution in [3.8, 4) is 6.07 Å². The molecule has 0 bridgehead atoms. The summed E-state index contributed by atoms with van der Waals surface area (Å²) in [5.74, 6) is -0.142. The number of amides is 1. The van der Waals surface area contributed by atoms with E-state index < -0.39 is 0 Å². The molecule has 2 rings (SSSR count). The first-order valence-corrected chi connectivity index (χ1v) is 6.26. The van der Waals surface area contributed by atoms with Crippen LogP contribution >= 0.6 is 0 Å². The average Bonchev–Trinajstić information content (AvgIpc) is 2.46. The van der Waals surface area contributed by atoms with Crippen molar-refractivity contribution in [2.75, 3.05) is 7.05 Å². The van der Waals surface area contributed by atoms with Gasteiger partial charge in [-0.05, 0) is 18.6 Å². The molecule has 0 unspecified atom stereocenters. The first-order valence-electron chi connectivity index (χ1n) is 6.26. The Kier molecular flexibility index (Phi) is 4.11. The quantitative estimate of drug-likeness (QED) is 0.857. The second kappa shape index (κ2) is 5.98. The fraction of sp³-hybridized carbons (Fsp3) is 0.188. The van der Waals surface area contributed by atoms with Crippen LogP contribution in [0.25, 0.3) is 0 Å². The van der Waals surface area contributed by atoms with E-state index in [2.05, 4.69) is 4.98 Å². The summed E-state index contributed by atoms with van der Waals surface area (Å²) in [7, 11) is 1.74. The molecule has 100 valence electrons. The SMILES string of the molecule is Cc1cccc(CN(C)C(=O)c2cncc(C#N)c2)c1. The van der Waals surface area contributed by atoms with Gasteiger partial charge in [-0.3, -0.25) is 9.78 Å². The number of carbonyl (C=O) groups is 1. The van der Waals surface area contributed by atoms with E-state index in [0.29, 0.717) is 17.7 Å². The summed E-state index contributed by atoms with van der Waals surface area (Å²) in [5.41, 5.74) is 3.06. The molecule has 0 atom stereocenters. The lowest BCUT2D eigenvalue weighted by molar-refractivity contribution is 0.0784. The normalized spacial score (nSPS) is 9.85. The molecule has 0 aliphatic heterocycles. The number of aromatic nitrogens is 1. The third-order valence-corrected chi connectivity index (χ3v) is 2.96. The second-order valence-corrected chi connectivity index (χ2v) is 4.72. The maximum atomic E-state index is 12.3. The molecule has 1 amide bonds. The molecule has 4 nitrogen and oxygen atoms in total. The van der Waals surface area contributed by atoms with Gasteiger partial charge in [-0.25, -0.2) is 0 Å². The topological polar surface area (TPSA) is 57.0 Å². The van der Waals surface area contributed by atoms with Crippen LogP contribution in [0, 0.1) is 18.3 Å². The molecule has 4 heteroatoms. The molecule has 0 aliphatic carbocycles. The minimum Gasteiger partial charge on any atom is -0.337 e. The van der Waals surface area contributed by atoms with Crippen molar-refractivity contribution in [3.63, 3.8) is 0 Å². The van der Waals surface area contributed by atoms with Crippen LogP contribution in [0.1, 0.15) is 27.0 Å². The Morgan fingerprint density at radius 3 is 2.85 bits per heavy atom. The molecular formula is C16H15N3O. The highest BCUT2D eigenvalue weighted by Crippen LogP contribution is 2.10. The molecule has 2 aromatic rings. The summed E-state index contributed by atoms with van der Waals surface area (Å²) in [4.78, 5) is 17.8. The lowest BCUT2D eigenvalue weighted by Crippen LogP contribution is -2.26. The first kappa shape index (κ1) is 13.8. The second-order valence-electron chi connectivity index (χ2n) is 4.72. The number of hydrogen-bond donors (Lipinski definition) is 0. The lowest BCUT2D eigenvalue weighted by atomic mass is 10.1. The van der Waals surface area contributed by atoms with Gasteiger partial charge < -0.3 is 4.90 Å². The summed E-state index contributed by atoms with van der Waals surface area (Å²) >= 11 is 0. The Bertz CT molecular complexity index is 673. The Labute approximate surface area is 118 Å². The minimum atomic E-state index is -0.142. The van der Waals surface area contributed by atoms with Crippen molar-refractivity contribution in [2.24, 2.45) is 0 Å². The molecule has 0 saturated carbocycles. The molecule has 0 saturated heterocycles. The van der Waals surface area contributed by atoms with Gasteiger partial charge in [-0.15, -0.1) is 0 Å². The third kappa shape index (κ3) is 3.21. The molecule has 0 fully saturated rings. The van der Waals surface area contributed by atoms with E-state index in [4.69, 9.17) is 5.26 Å². The molecule has 1 aromatic carbocycles. The fourth-order valence-corrected chi connectivity index (χ4v) is 1.99. The molecule has 1 heterocycles. The van der Waals surface area contributed by atoms with Crippen LogP contribution in [-0.2, 0) is 6.54 Å². The molecule has 0 spiro atoms. The van der Waals surface area contributed by atoms with Gasteiger partial charge in [0.05, 0.1) is 11.1 Å². The Morgan fingerprint density at radius 1 is 1.35 bits per heavy atom. The van der Waals surface area contributed by atoms with E-state index in [0.717, 1.165) is 11.1 Å². The van der Waals surface area contributed by atoms with E-state index in [9.17, 15) is 4.79 Å². The Balaban J connectivity index is 2.14. The fourth-order valence-electron chi connectivity index (χ4n) is 1.99. The smallest absolute Gasteiger partial charge is 0.255 e. The number of nitriles is 1. The summed E-state index contributed by atoms with van der Waals surface area (Å²) in [6, 6.07) is 11.6. The Morgan fingerprint density at radius 2 is 2.15 bits per heavy atom. The van der Waals surface area contributed by atoms with Gasteiger partial charge in [0.15, 0.2) is 0 Å². The summed E-state index contributed by atoms with van der Waals surface area (Å²) < 4.78 is 0. The standard InChI is InChI=1S/C16H15N3O/c1-12-4-3-5-13(6-12)11-19(2)16(20)15-7-14(8-17)9-18-10-15/h3-7,9-10H,11H2,1-2H3. The van der Waals surface area contributed by atoms with E-state index >= 15 is 0 Å². The van der Waals surface area contributed by atoms with Crippen LogP contribution in [0.2, 0.25) is 0 Å². The summed E-state index contributed by atoms with van der Waals surface area (Å²) in [6.45, 7) is 2.54. The van der Waals surface area contributed by atoms with Crippen LogP contribution < -0.4 is 0 Å². The van der Waals surface area contributed by atoms with E-state index in [1.807, 2.05) is 37.3 Å². The highest BCUT2D eigenvalue weighted by molar-refractivity contribution is 5.94. The zero-order valence-corrected chi connectivity index (χ0v) is 11.5. The first-order chi connectivity index (χ1) is 9.60. The maximum Gasteiger partial charge on any atom is 0.255 e. The van der Waals surface area contributed by atoms with Crippen molar-refractivity contribution in [2.45, 2.75) is 13.5 Å². The lowest BCUT2D eigenvalue weighted by Gasteiger charge is -2.17. The predicted molar refractivity (Wildman–Crippen MR) is 75.9 cm³/mol. The zero-order valence-electron chi connectivity index (χ0n) is 11.5. The highest BCUT2D eigenvalue weighted by Gasteiger charge is 2.13. The molecule has 0 radical (unpaired) electrons. The number of carbonyl (C=O) groups excluding carboxylic acids is 1. The number of aryl methyl sites for hydroxylation is 1. The van der Waals surface area contributed by atoms with Crippen LogP contribution in [0.3, 0.4) is 0 Å². The number of rotatable bonds is 3. The Hall–Kier alpha value is -2.67. The molecule has 1 aromatic heterocycles. The number of benzene rings is 1. The number of pyridine rings is 1. The maximum absolute atomic E-state index is 12.3. The largest absolute Gasteiger partial charge is 0.337 e. The summed E-state index contributed by atoms with van der Waals surface area (Å²) in [6.07, 6.45) is 2.92. The van der Waals surface area contributed by atoms with Gasteiger partial charge in [-0.1, -0.05) is 29.8 Å². The van der Waals surface area contributed by atoms with Crippen molar-refractivity contribution >= 4 is 5.91 Å². The van der Waals surface area contributed by atoms with Gasteiger partial charge in [-0.2, -0.15) is 5.26 Å². The van der Waals surface area contributed by atoms with Crippen molar-refractivity contribution in [1.29, 1.82) is 5.26 Å². The predicted octanol–water partition coefficient (Wildman–Crippen LogP) is 2.53. The molecular weight excluding hydrogens is 250 g/mol. The zero-order chi connectivity index (χ0) is 14.5. The van der Waals surface area contributed by atoms with Crippen molar-refractivity contribution in [1.82, 2.24) is 9.88 Å². The van der Waals surface area contributed by atoms with E-state index in [1.165, 1.54) is 12.4 Å². The monoisotopic (exact) mass is 265 g/mol. The average molecular weight is 265 g/mol. The van der Waals surface area contributed by atoms with Crippen molar-refractivity contribution < 1.29 is 4.79 Å². The van der Waals surface area contributed by atoms with E-state index in [-0.39, 0.29) is 5.91 Å². The van der Waals surface area contributed by atoms with Gasteiger partial charge in [0.2, 0.25) is 0 Å². The van der Waals surface area contributed by atoms with Crippen LogP contribution in [-0.4, -0.2) is 22.8 Å². The van der Waals surface area contributed by atoms with Crippen molar-refractivity contribution in [3.05, 3.63) is 65.0 Å². The van der Waals surface area contributed by atoms with Crippen LogP contribution in [0.15, 0.2) is 42.7 Å². The number of hydrogen-bond acceptors (Lipinski definition) is 3. The highest BCUT2D eigenvalue weighted by atomic mass is 16.2. The van der Waals surface area contributed by atoms with Gasteiger partial charge >= 0.3 is 0 Å². The summed E-state index contributed by atoms with van der Waals surface area (Å²) in [5, 5.41) is 8.83. The van der Waals surface area contributed by atoms with Crippen LogP contribution in [0.4, 0.5) is 0 Å². The molecule has 0 N–H and O–H groups in total. The van der Waals surface area contributed by atoms with Crippen LogP contribution in [0.5, 0.6) is 0 Å². The van der Waals surface area contributed by atoms with E-state index in [1.54, 1.807) is 18.0 Å². The number of nitrogens with zero attached hydrogens (tertiary/aromatic N) is 3.